The Hall–Kier alpha value is -2.40. The number of benzene rings is 2. The zero-order valence-electron chi connectivity index (χ0n) is 11.7. The second-order valence-electron chi connectivity index (χ2n) is 4.76. The van der Waals surface area contributed by atoms with Gasteiger partial charge in [0.25, 0.3) is 0 Å². The Labute approximate surface area is 120 Å². The van der Waals surface area contributed by atoms with Gasteiger partial charge < -0.3 is 0 Å². The summed E-state index contributed by atoms with van der Waals surface area (Å²) in [6.45, 7) is 2.20. The Morgan fingerprint density at radius 3 is 2.35 bits per heavy atom. The Morgan fingerprint density at radius 1 is 1.05 bits per heavy atom. The molecule has 0 bridgehead atoms. The highest BCUT2D eigenvalue weighted by atomic mass is 14.7. The fraction of sp³-hybridized carbons (Fsp3) is 0.222. The third-order valence-electron chi connectivity index (χ3n) is 3.16. The topological polar surface area (TPSA) is 36.1 Å². The minimum atomic E-state index is 0.669. The van der Waals surface area contributed by atoms with Crippen LogP contribution in [0.1, 0.15) is 36.5 Å². The molecule has 0 aromatic heterocycles. The van der Waals surface area contributed by atoms with Crippen molar-refractivity contribution in [3.63, 3.8) is 0 Å². The molecule has 100 valence electrons. The summed E-state index contributed by atoms with van der Waals surface area (Å²) in [5.74, 6) is 0. The van der Waals surface area contributed by atoms with Gasteiger partial charge in [0.2, 0.25) is 0 Å². The molecule has 0 spiro atoms. The fourth-order valence-electron chi connectivity index (χ4n) is 1.92. The number of unbranched alkanes of at least 4 members (excludes halogenated alkanes) is 1. The van der Waals surface area contributed by atoms with Crippen molar-refractivity contribution in [1.29, 1.82) is 5.26 Å². The molecule has 0 heterocycles. The number of hydrogen-bond acceptors (Lipinski definition) is 2. The zero-order chi connectivity index (χ0) is 14.2. The molecular formula is C18H18N2. The molecule has 0 unspecified atom stereocenters. The highest BCUT2D eigenvalue weighted by Gasteiger charge is 1.94. The maximum Gasteiger partial charge on any atom is 0.0991 e. The predicted molar refractivity (Wildman–Crippen MR) is 83.5 cm³/mol. The average molecular weight is 262 g/mol. The summed E-state index contributed by atoms with van der Waals surface area (Å²) in [5, 5.41) is 8.74. The molecule has 0 aliphatic carbocycles. The van der Waals surface area contributed by atoms with Crippen LogP contribution in [-0.2, 0) is 6.42 Å². The maximum absolute atomic E-state index is 8.74. The molecule has 0 atom stereocenters. The number of nitrogens with zero attached hydrogens (tertiary/aromatic N) is 2. The van der Waals surface area contributed by atoms with Crippen LogP contribution in [0.4, 0.5) is 5.69 Å². The molecule has 0 saturated heterocycles. The molecule has 20 heavy (non-hydrogen) atoms. The van der Waals surface area contributed by atoms with Crippen molar-refractivity contribution in [2.75, 3.05) is 0 Å². The van der Waals surface area contributed by atoms with Crippen LogP contribution < -0.4 is 0 Å². The molecule has 0 amide bonds. The van der Waals surface area contributed by atoms with Crippen LogP contribution in [0.5, 0.6) is 0 Å². The molecule has 2 aromatic carbocycles. The van der Waals surface area contributed by atoms with Gasteiger partial charge in [-0.15, -0.1) is 0 Å². The molecule has 0 aliphatic heterocycles. The monoisotopic (exact) mass is 262 g/mol. The Bertz CT molecular complexity index is 601. The minimum absolute atomic E-state index is 0.669. The van der Waals surface area contributed by atoms with Crippen molar-refractivity contribution >= 4 is 11.9 Å². The van der Waals surface area contributed by atoms with E-state index in [0.717, 1.165) is 17.7 Å². The van der Waals surface area contributed by atoms with Crippen LogP contribution in [0, 0.1) is 11.3 Å². The smallest absolute Gasteiger partial charge is 0.0991 e. The predicted octanol–water partition coefficient (Wildman–Crippen LogP) is 4.65. The molecule has 0 fully saturated rings. The van der Waals surface area contributed by atoms with Crippen LogP contribution in [0.25, 0.3) is 0 Å². The largest absolute Gasteiger partial charge is 0.256 e. The summed E-state index contributed by atoms with van der Waals surface area (Å²) in [5.41, 5.74) is 3.99. The minimum Gasteiger partial charge on any atom is -0.256 e. The fourth-order valence-corrected chi connectivity index (χ4v) is 1.92. The first-order chi connectivity index (χ1) is 9.81. The molecule has 2 nitrogen and oxygen atoms in total. The van der Waals surface area contributed by atoms with Crippen molar-refractivity contribution < 1.29 is 0 Å². The third-order valence-corrected chi connectivity index (χ3v) is 3.16. The van der Waals surface area contributed by atoms with Gasteiger partial charge in [-0.2, -0.15) is 5.26 Å². The van der Waals surface area contributed by atoms with E-state index < -0.39 is 0 Å². The summed E-state index contributed by atoms with van der Waals surface area (Å²) in [4.78, 5) is 4.45. The van der Waals surface area contributed by atoms with E-state index in [2.05, 4.69) is 30.1 Å². The number of rotatable bonds is 5. The van der Waals surface area contributed by atoms with Crippen molar-refractivity contribution in [2.45, 2.75) is 26.2 Å². The van der Waals surface area contributed by atoms with E-state index in [1.165, 1.54) is 18.4 Å². The van der Waals surface area contributed by atoms with Crippen molar-refractivity contribution in [2.24, 2.45) is 4.99 Å². The van der Waals surface area contributed by atoms with Gasteiger partial charge in [-0.25, -0.2) is 0 Å². The standard InChI is InChI=1S/C18H18N2/c1-2-3-4-15-9-11-18(12-10-15)20-14-17-7-5-16(13-19)6-8-17/h5-12,14H,2-4H2,1H3. The summed E-state index contributed by atoms with van der Waals surface area (Å²) < 4.78 is 0. The Kier molecular flexibility index (Phi) is 5.08. The summed E-state index contributed by atoms with van der Waals surface area (Å²) in [6.07, 6.45) is 5.41. The first kappa shape index (κ1) is 14.0. The van der Waals surface area contributed by atoms with Crippen LogP contribution in [0.2, 0.25) is 0 Å². The summed E-state index contributed by atoms with van der Waals surface area (Å²) in [7, 11) is 0. The lowest BCUT2D eigenvalue weighted by atomic mass is 10.1. The van der Waals surface area contributed by atoms with E-state index in [0.29, 0.717) is 5.56 Å². The van der Waals surface area contributed by atoms with Crippen LogP contribution in [-0.4, -0.2) is 6.21 Å². The number of aliphatic imine (C=N–C) groups is 1. The first-order valence-corrected chi connectivity index (χ1v) is 6.95. The van der Waals surface area contributed by atoms with Gasteiger partial charge in [0.15, 0.2) is 0 Å². The van der Waals surface area contributed by atoms with E-state index in [4.69, 9.17) is 5.26 Å². The van der Waals surface area contributed by atoms with Gasteiger partial charge >= 0.3 is 0 Å². The van der Waals surface area contributed by atoms with Gasteiger partial charge in [0.05, 0.1) is 17.3 Å². The van der Waals surface area contributed by atoms with E-state index >= 15 is 0 Å². The number of hydrogen-bond donors (Lipinski definition) is 0. The normalized spacial score (nSPS) is 10.6. The maximum atomic E-state index is 8.74. The highest BCUT2D eigenvalue weighted by molar-refractivity contribution is 5.82. The second-order valence-corrected chi connectivity index (χ2v) is 4.76. The molecule has 0 N–H and O–H groups in total. The van der Waals surface area contributed by atoms with Gasteiger partial charge in [-0.05, 0) is 48.2 Å². The second kappa shape index (κ2) is 7.25. The van der Waals surface area contributed by atoms with Crippen molar-refractivity contribution in [3.8, 4) is 6.07 Å². The summed E-state index contributed by atoms with van der Waals surface area (Å²) in [6, 6.07) is 17.9. The van der Waals surface area contributed by atoms with Crippen molar-refractivity contribution in [1.82, 2.24) is 0 Å². The molecule has 2 aromatic rings. The van der Waals surface area contributed by atoms with Crippen LogP contribution in [0.3, 0.4) is 0 Å². The van der Waals surface area contributed by atoms with Crippen LogP contribution >= 0.6 is 0 Å². The SMILES string of the molecule is CCCCc1ccc(N=Cc2ccc(C#N)cc2)cc1. The first-order valence-electron chi connectivity index (χ1n) is 6.95. The molecular weight excluding hydrogens is 244 g/mol. The number of nitriles is 1. The van der Waals surface area contributed by atoms with E-state index in [1.807, 2.05) is 30.5 Å². The van der Waals surface area contributed by atoms with Crippen LogP contribution in [0.15, 0.2) is 53.5 Å². The third kappa shape index (κ3) is 4.07. The van der Waals surface area contributed by atoms with Gasteiger partial charge in [-0.3, -0.25) is 4.99 Å². The quantitative estimate of drug-likeness (QED) is 0.722. The van der Waals surface area contributed by atoms with Crippen molar-refractivity contribution in [3.05, 3.63) is 65.2 Å². The van der Waals surface area contributed by atoms with E-state index in [-0.39, 0.29) is 0 Å². The van der Waals surface area contributed by atoms with Gasteiger partial charge in [-0.1, -0.05) is 37.6 Å². The summed E-state index contributed by atoms with van der Waals surface area (Å²) >= 11 is 0. The lowest BCUT2D eigenvalue weighted by molar-refractivity contribution is 0.795. The van der Waals surface area contributed by atoms with E-state index in [9.17, 15) is 0 Å². The molecule has 2 rings (SSSR count). The van der Waals surface area contributed by atoms with Gasteiger partial charge in [0, 0.05) is 6.21 Å². The van der Waals surface area contributed by atoms with E-state index in [1.54, 1.807) is 12.1 Å². The highest BCUT2D eigenvalue weighted by Crippen LogP contribution is 2.14. The number of aryl methyl sites for hydroxylation is 1. The molecule has 0 saturated carbocycles. The average Bonchev–Trinajstić information content (AvgIpc) is 2.52. The Morgan fingerprint density at radius 2 is 1.75 bits per heavy atom. The lowest BCUT2D eigenvalue weighted by Gasteiger charge is -2.00. The van der Waals surface area contributed by atoms with Gasteiger partial charge in [0.1, 0.15) is 0 Å². The molecule has 2 heteroatoms. The zero-order valence-corrected chi connectivity index (χ0v) is 11.7. The Balaban J connectivity index is 2.01. The molecule has 0 radical (unpaired) electrons. The molecule has 0 aliphatic rings. The lowest BCUT2D eigenvalue weighted by Crippen LogP contribution is -1.84.